The quantitative estimate of drug-likeness (QED) is 0.608. The highest BCUT2D eigenvalue weighted by molar-refractivity contribution is 5.39. The van der Waals surface area contributed by atoms with Gasteiger partial charge in [0, 0.05) is 30.2 Å². The molecule has 1 saturated heterocycles. The Labute approximate surface area is 180 Å². The molecule has 2 fully saturated rings. The molecule has 1 saturated carbocycles. The van der Waals surface area contributed by atoms with E-state index in [9.17, 15) is 19.7 Å². The van der Waals surface area contributed by atoms with Gasteiger partial charge in [0.15, 0.2) is 0 Å². The number of benzene rings is 1. The summed E-state index contributed by atoms with van der Waals surface area (Å²) in [7, 11) is 1.49. The van der Waals surface area contributed by atoms with Gasteiger partial charge in [0.25, 0.3) is 0 Å². The fourth-order valence-corrected chi connectivity index (χ4v) is 4.07. The Morgan fingerprint density at radius 3 is 2.68 bits per heavy atom. The SMILES string of the molecule is COc1ccc(Cc2c(O[C@H]3C[C@@H](O)[C@H](O)[C@@H](CO)O3)nn(C3CCC3)c2C)c(F)c1. The highest BCUT2D eigenvalue weighted by Gasteiger charge is 2.38. The van der Waals surface area contributed by atoms with E-state index in [1.165, 1.54) is 13.2 Å². The van der Waals surface area contributed by atoms with Gasteiger partial charge in [0.1, 0.15) is 23.8 Å². The van der Waals surface area contributed by atoms with Crippen LogP contribution in [-0.2, 0) is 11.2 Å². The molecule has 3 N–H and O–H groups in total. The molecule has 1 aromatic heterocycles. The summed E-state index contributed by atoms with van der Waals surface area (Å²) in [4.78, 5) is 0. The Bertz CT molecular complexity index is 916. The summed E-state index contributed by atoms with van der Waals surface area (Å²) >= 11 is 0. The summed E-state index contributed by atoms with van der Waals surface area (Å²) in [6.07, 6.45) is -0.637. The van der Waals surface area contributed by atoms with Gasteiger partial charge in [0.2, 0.25) is 12.2 Å². The maximum atomic E-state index is 14.6. The van der Waals surface area contributed by atoms with Gasteiger partial charge < -0.3 is 29.5 Å². The van der Waals surface area contributed by atoms with Crippen molar-refractivity contribution in [2.24, 2.45) is 0 Å². The summed E-state index contributed by atoms with van der Waals surface area (Å²) in [6, 6.07) is 5.01. The Hall–Kier alpha value is -2.20. The molecule has 4 rings (SSSR count). The van der Waals surface area contributed by atoms with Crippen LogP contribution in [0.15, 0.2) is 18.2 Å². The second-order valence-electron chi connectivity index (χ2n) is 8.23. The number of halogens is 1. The average Bonchev–Trinajstić information content (AvgIpc) is 3.00. The normalized spacial score (nSPS) is 26.5. The molecule has 1 aliphatic carbocycles. The van der Waals surface area contributed by atoms with E-state index in [1.807, 2.05) is 11.6 Å². The summed E-state index contributed by atoms with van der Waals surface area (Å²) in [5.74, 6) is 0.372. The lowest BCUT2D eigenvalue weighted by Gasteiger charge is -2.35. The van der Waals surface area contributed by atoms with Crippen LogP contribution in [-0.4, -0.2) is 63.4 Å². The second kappa shape index (κ2) is 9.12. The van der Waals surface area contributed by atoms with E-state index in [1.54, 1.807) is 12.1 Å². The molecule has 0 bridgehead atoms. The first-order chi connectivity index (χ1) is 14.9. The minimum Gasteiger partial charge on any atom is -0.497 e. The van der Waals surface area contributed by atoms with Crippen LogP contribution >= 0.6 is 0 Å². The molecule has 2 heterocycles. The molecule has 1 aromatic carbocycles. The lowest BCUT2D eigenvalue weighted by atomic mass is 9.93. The highest BCUT2D eigenvalue weighted by atomic mass is 19.1. The molecule has 9 heteroatoms. The zero-order valence-corrected chi connectivity index (χ0v) is 17.7. The standard InChI is InChI=1S/C22H29FN2O6/c1-12-16(8-13-6-7-15(29-2)9-17(13)23)22(24-25(12)14-4-3-5-14)31-20-10-18(27)21(28)19(11-26)30-20/h6-7,9,14,18-21,26-28H,3-5,8,10-11H2,1-2H3/t18-,19-,20+,21+/m1/s1. The lowest BCUT2D eigenvalue weighted by molar-refractivity contribution is -0.230. The molecule has 0 amide bonds. The van der Waals surface area contributed by atoms with Gasteiger partial charge in [-0.15, -0.1) is 5.10 Å². The Balaban J connectivity index is 1.62. The first-order valence-electron chi connectivity index (χ1n) is 10.6. The predicted octanol–water partition coefficient (Wildman–Crippen LogP) is 1.86. The van der Waals surface area contributed by atoms with Crippen molar-refractivity contribution < 1.29 is 33.9 Å². The van der Waals surface area contributed by atoms with Crippen LogP contribution in [0.3, 0.4) is 0 Å². The van der Waals surface area contributed by atoms with Crippen LogP contribution in [0.5, 0.6) is 11.6 Å². The van der Waals surface area contributed by atoms with Crippen LogP contribution in [0.1, 0.15) is 48.5 Å². The molecule has 170 valence electrons. The van der Waals surface area contributed by atoms with Crippen LogP contribution in [0.4, 0.5) is 4.39 Å². The third-order valence-corrected chi connectivity index (χ3v) is 6.24. The van der Waals surface area contributed by atoms with Crippen molar-refractivity contribution in [1.29, 1.82) is 0 Å². The van der Waals surface area contributed by atoms with Crippen molar-refractivity contribution in [3.05, 3.63) is 40.8 Å². The number of aliphatic hydroxyl groups excluding tert-OH is 3. The van der Waals surface area contributed by atoms with Crippen molar-refractivity contribution in [1.82, 2.24) is 9.78 Å². The van der Waals surface area contributed by atoms with E-state index in [0.29, 0.717) is 17.2 Å². The van der Waals surface area contributed by atoms with Crippen LogP contribution in [0, 0.1) is 12.7 Å². The third-order valence-electron chi connectivity index (χ3n) is 6.24. The summed E-state index contributed by atoms with van der Waals surface area (Å²) in [5.41, 5.74) is 2.11. The van der Waals surface area contributed by atoms with Gasteiger partial charge in [-0.2, -0.15) is 0 Å². The molecule has 2 aromatic rings. The number of hydrogen-bond acceptors (Lipinski definition) is 7. The van der Waals surface area contributed by atoms with Gasteiger partial charge >= 0.3 is 0 Å². The van der Waals surface area contributed by atoms with E-state index in [-0.39, 0.29) is 24.7 Å². The first kappa shape index (κ1) is 22.0. The zero-order chi connectivity index (χ0) is 22.1. The monoisotopic (exact) mass is 436 g/mol. The van der Waals surface area contributed by atoms with Gasteiger partial charge in [-0.3, -0.25) is 4.68 Å². The number of methoxy groups -OCH3 is 1. The predicted molar refractivity (Wildman–Crippen MR) is 109 cm³/mol. The van der Waals surface area contributed by atoms with E-state index in [0.717, 1.165) is 30.5 Å². The number of aromatic nitrogens is 2. The largest absolute Gasteiger partial charge is 0.497 e. The Kier molecular flexibility index (Phi) is 6.47. The lowest BCUT2D eigenvalue weighted by Crippen LogP contribution is -2.51. The number of rotatable bonds is 7. The van der Waals surface area contributed by atoms with E-state index in [4.69, 9.17) is 14.2 Å². The van der Waals surface area contributed by atoms with Crippen LogP contribution in [0.2, 0.25) is 0 Å². The molecule has 8 nitrogen and oxygen atoms in total. The van der Waals surface area contributed by atoms with Crippen molar-refractivity contribution in [2.75, 3.05) is 13.7 Å². The Morgan fingerprint density at radius 2 is 2.06 bits per heavy atom. The summed E-state index contributed by atoms with van der Waals surface area (Å²) < 4.78 is 33.2. The van der Waals surface area contributed by atoms with Crippen LogP contribution < -0.4 is 9.47 Å². The third kappa shape index (κ3) is 4.41. The maximum Gasteiger partial charge on any atom is 0.238 e. The topological polar surface area (TPSA) is 106 Å². The van der Waals surface area contributed by atoms with E-state index < -0.39 is 31.2 Å². The van der Waals surface area contributed by atoms with Crippen molar-refractivity contribution in [3.8, 4) is 11.6 Å². The minimum atomic E-state index is -1.19. The second-order valence-corrected chi connectivity index (χ2v) is 8.23. The fraction of sp³-hybridized carbons (Fsp3) is 0.591. The molecule has 0 radical (unpaired) electrons. The number of hydrogen-bond donors (Lipinski definition) is 3. The zero-order valence-electron chi connectivity index (χ0n) is 17.7. The molecule has 2 aliphatic rings. The number of aliphatic hydroxyl groups is 3. The first-order valence-corrected chi connectivity index (χ1v) is 10.6. The van der Waals surface area contributed by atoms with E-state index >= 15 is 0 Å². The van der Waals surface area contributed by atoms with Crippen LogP contribution in [0.25, 0.3) is 0 Å². The minimum absolute atomic E-state index is 0.0311. The highest BCUT2D eigenvalue weighted by Crippen LogP contribution is 2.37. The number of nitrogens with zero attached hydrogens (tertiary/aromatic N) is 2. The molecule has 0 spiro atoms. The average molecular weight is 436 g/mol. The van der Waals surface area contributed by atoms with E-state index in [2.05, 4.69) is 5.10 Å². The molecular formula is C22H29FN2O6. The molecule has 1 aliphatic heterocycles. The molecule has 0 unspecified atom stereocenters. The summed E-state index contributed by atoms with van der Waals surface area (Å²) in [5, 5.41) is 34.1. The van der Waals surface area contributed by atoms with Gasteiger partial charge in [0.05, 0.1) is 25.9 Å². The van der Waals surface area contributed by atoms with Gasteiger partial charge in [-0.1, -0.05) is 6.07 Å². The van der Waals surface area contributed by atoms with Crippen molar-refractivity contribution >= 4 is 0 Å². The Morgan fingerprint density at radius 1 is 1.29 bits per heavy atom. The molecular weight excluding hydrogens is 407 g/mol. The van der Waals surface area contributed by atoms with Gasteiger partial charge in [-0.25, -0.2) is 4.39 Å². The van der Waals surface area contributed by atoms with Crippen molar-refractivity contribution in [2.45, 2.75) is 69.7 Å². The maximum absolute atomic E-state index is 14.6. The summed E-state index contributed by atoms with van der Waals surface area (Å²) in [6.45, 7) is 1.49. The fourth-order valence-electron chi connectivity index (χ4n) is 4.07. The van der Waals surface area contributed by atoms with Gasteiger partial charge in [-0.05, 0) is 37.8 Å². The number of ether oxygens (including phenoxy) is 3. The van der Waals surface area contributed by atoms with Crippen molar-refractivity contribution in [3.63, 3.8) is 0 Å². The smallest absolute Gasteiger partial charge is 0.238 e. The molecule has 4 atom stereocenters. The molecule has 31 heavy (non-hydrogen) atoms.